The third kappa shape index (κ3) is 3.35. The molecule has 2 aromatic carbocycles. The lowest BCUT2D eigenvalue weighted by atomic mass is 10.2. The van der Waals surface area contributed by atoms with E-state index in [1.807, 2.05) is 6.07 Å². The highest BCUT2D eigenvalue weighted by atomic mass is 79.9. The second-order valence-corrected chi connectivity index (χ2v) is 5.53. The normalized spacial score (nSPS) is 9.85. The number of hydrogen-bond acceptors (Lipinski definition) is 4. The molecule has 0 N–H and O–H groups in total. The van der Waals surface area contributed by atoms with Crippen molar-refractivity contribution in [2.45, 2.75) is 0 Å². The van der Waals surface area contributed by atoms with Crippen molar-refractivity contribution in [3.63, 3.8) is 0 Å². The van der Waals surface area contributed by atoms with Gasteiger partial charge in [-0.05, 0) is 40.2 Å². The van der Waals surface area contributed by atoms with E-state index in [9.17, 15) is 10.1 Å². The van der Waals surface area contributed by atoms with Gasteiger partial charge < -0.3 is 4.74 Å². The molecular formula is C13H6Br2N2O3. The van der Waals surface area contributed by atoms with Crippen LogP contribution >= 0.6 is 31.9 Å². The highest BCUT2D eigenvalue weighted by Gasteiger charge is 2.11. The van der Waals surface area contributed by atoms with Crippen LogP contribution in [-0.4, -0.2) is 4.92 Å². The lowest BCUT2D eigenvalue weighted by Crippen LogP contribution is -1.91. The number of halogens is 2. The van der Waals surface area contributed by atoms with Gasteiger partial charge in [-0.3, -0.25) is 10.1 Å². The van der Waals surface area contributed by atoms with Crippen molar-refractivity contribution in [1.82, 2.24) is 0 Å². The topological polar surface area (TPSA) is 76.2 Å². The molecule has 100 valence electrons. The summed E-state index contributed by atoms with van der Waals surface area (Å²) in [6, 6.07) is 11.2. The van der Waals surface area contributed by atoms with Crippen LogP contribution in [0, 0.1) is 21.4 Å². The van der Waals surface area contributed by atoms with Crippen LogP contribution in [0.5, 0.6) is 11.5 Å². The van der Waals surface area contributed by atoms with Crippen LogP contribution in [0.4, 0.5) is 5.69 Å². The number of non-ortho nitro benzene ring substituents is 1. The molecule has 0 amide bonds. The fourth-order valence-electron chi connectivity index (χ4n) is 1.49. The molecule has 5 nitrogen and oxygen atoms in total. The molecule has 0 aliphatic heterocycles. The third-order valence-corrected chi connectivity index (χ3v) is 3.43. The Hall–Kier alpha value is -1.91. The smallest absolute Gasteiger partial charge is 0.274 e. The fourth-order valence-corrected chi connectivity index (χ4v) is 2.41. The molecule has 20 heavy (non-hydrogen) atoms. The third-order valence-electron chi connectivity index (χ3n) is 2.36. The summed E-state index contributed by atoms with van der Waals surface area (Å²) in [5.41, 5.74) is 0.420. The second kappa shape index (κ2) is 6.03. The van der Waals surface area contributed by atoms with Gasteiger partial charge in [0, 0.05) is 10.5 Å². The molecule has 0 saturated carbocycles. The van der Waals surface area contributed by atoms with E-state index in [2.05, 4.69) is 31.9 Å². The lowest BCUT2D eigenvalue weighted by Gasteiger charge is -2.08. The largest absolute Gasteiger partial charge is 0.456 e. The molecular weight excluding hydrogens is 392 g/mol. The zero-order chi connectivity index (χ0) is 14.7. The van der Waals surface area contributed by atoms with E-state index in [4.69, 9.17) is 10.00 Å². The molecule has 2 aromatic rings. The first-order valence-electron chi connectivity index (χ1n) is 5.32. The van der Waals surface area contributed by atoms with Crippen LogP contribution in [0.3, 0.4) is 0 Å². The van der Waals surface area contributed by atoms with Crippen LogP contribution in [0.2, 0.25) is 0 Å². The predicted molar refractivity (Wildman–Crippen MR) is 79.7 cm³/mol. The Labute approximate surface area is 131 Å². The van der Waals surface area contributed by atoms with Gasteiger partial charge in [0.05, 0.1) is 27.1 Å². The molecule has 2 rings (SSSR count). The van der Waals surface area contributed by atoms with Crippen LogP contribution < -0.4 is 4.74 Å². The number of rotatable bonds is 3. The van der Waals surface area contributed by atoms with Crippen molar-refractivity contribution in [3.05, 3.63) is 61.0 Å². The maximum atomic E-state index is 10.8. The summed E-state index contributed by atoms with van der Waals surface area (Å²) in [4.78, 5) is 10.3. The Morgan fingerprint density at radius 3 is 2.55 bits per heavy atom. The Balaban J connectivity index is 2.35. The van der Waals surface area contributed by atoms with Crippen molar-refractivity contribution in [2.75, 3.05) is 0 Å². The van der Waals surface area contributed by atoms with Crippen LogP contribution in [0.1, 0.15) is 5.56 Å². The van der Waals surface area contributed by atoms with E-state index in [-0.39, 0.29) is 5.69 Å². The molecule has 0 aromatic heterocycles. The van der Waals surface area contributed by atoms with Gasteiger partial charge >= 0.3 is 0 Å². The average Bonchev–Trinajstić information content (AvgIpc) is 2.40. The Morgan fingerprint density at radius 1 is 1.20 bits per heavy atom. The molecule has 0 bridgehead atoms. The maximum absolute atomic E-state index is 10.8. The molecule has 0 unspecified atom stereocenters. The summed E-state index contributed by atoms with van der Waals surface area (Å²) in [7, 11) is 0. The van der Waals surface area contributed by atoms with E-state index < -0.39 is 4.92 Å². The van der Waals surface area contributed by atoms with Crippen LogP contribution in [0.15, 0.2) is 45.3 Å². The Morgan fingerprint density at radius 2 is 1.95 bits per heavy atom. The molecule has 0 radical (unpaired) electrons. The van der Waals surface area contributed by atoms with Gasteiger partial charge in [-0.1, -0.05) is 15.9 Å². The fraction of sp³-hybridized carbons (Fsp3) is 0. The monoisotopic (exact) mass is 396 g/mol. The van der Waals surface area contributed by atoms with E-state index in [1.54, 1.807) is 24.3 Å². The maximum Gasteiger partial charge on any atom is 0.274 e. The molecule has 0 spiro atoms. The number of benzene rings is 2. The van der Waals surface area contributed by atoms with Gasteiger partial charge in [0.25, 0.3) is 5.69 Å². The van der Waals surface area contributed by atoms with Gasteiger partial charge in [-0.15, -0.1) is 0 Å². The van der Waals surface area contributed by atoms with Gasteiger partial charge in [0.15, 0.2) is 0 Å². The second-order valence-electron chi connectivity index (χ2n) is 3.76. The minimum atomic E-state index is -0.495. The predicted octanol–water partition coefficient (Wildman–Crippen LogP) is 4.78. The number of hydrogen-bond donors (Lipinski definition) is 0. The first-order valence-corrected chi connectivity index (χ1v) is 6.90. The summed E-state index contributed by atoms with van der Waals surface area (Å²) >= 11 is 6.49. The molecule has 0 atom stereocenters. The first-order chi connectivity index (χ1) is 9.49. The van der Waals surface area contributed by atoms with E-state index in [0.717, 1.165) is 0 Å². The molecule has 0 fully saturated rings. The van der Waals surface area contributed by atoms with Crippen molar-refractivity contribution >= 4 is 37.5 Å². The minimum Gasteiger partial charge on any atom is -0.456 e. The first kappa shape index (κ1) is 14.5. The number of nitrogens with zero attached hydrogens (tertiary/aromatic N) is 2. The summed E-state index contributed by atoms with van der Waals surface area (Å²) in [5.74, 6) is 0.799. The Bertz CT molecular complexity index is 726. The summed E-state index contributed by atoms with van der Waals surface area (Å²) in [5, 5.41) is 19.6. The zero-order valence-electron chi connectivity index (χ0n) is 9.84. The summed E-state index contributed by atoms with van der Waals surface area (Å²) in [6.45, 7) is 0. The van der Waals surface area contributed by atoms with Gasteiger partial charge in [-0.25, -0.2) is 0 Å². The molecule has 0 heterocycles. The molecule has 7 heteroatoms. The zero-order valence-corrected chi connectivity index (χ0v) is 13.0. The van der Waals surface area contributed by atoms with E-state index in [0.29, 0.717) is 26.0 Å². The molecule has 0 saturated heterocycles. The average molecular weight is 398 g/mol. The van der Waals surface area contributed by atoms with Crippen molar-refractivity contribution in [1.29, 1.82) is 5.26 Å². The van der Waals surface area contributed by atoms with Crippen molar-refractivity contribution in [3.8, 4) is 17.6 Å². The van der Waals surface area contributed by atoms with Crippen LogP contribution in [-0.2, 0) is 0 Å². The van der Waals surface area contributed by atoms with Gasteiger partial charge in [-0.2, -0.15) is 5.26 Å². The van der Waals surface area contributed by atoms with E-state index >= 15 is 0 Å². The summed E-state index contributed by atoms with van der Waals surface area (Å²) in [6.07, 6.45) is 0. The summed E-state index contributed by atoms with van der Waals surface area (Å²) < 4.78 is 6.73. The quantitative estimate of drug-likeness (QED) is 0.551. The lowest BCUT2D eigenvalue weighted by molar-refractivity contribution is -0.385. The number of nitro groups is 1. The van der Waals surface area contributed by atoms with Crippen molar-refractivity contribution < 1.29 is 9.66 Å². The van der Waals surface area contributed by atoms with E-state index in [1.165, 1.54) is 12.1 Å². The van der Waals surface area contributed by atoms with Crippen molar-refractivity contribution in [2.24, 2.45) is 0 Å². The van der Waals surface area contributed by atoms with Crippen LogP contribution in [0.25, 0.3) is 0 Å². The molecule has 0 aliphatic rings. The van der Waals surface area contributed by atoms with Gasteiger partial charge in [0.2, 0.25) is 0 Å². The highest BCUT2D eigenvalue weighted by Crippen LogP contribution is 2.33. The SMILES string of the molecule is N#Cc1ccc(Oc2cc(Br)cc([N+](=O)[O-])c2)c(Br)c1. The molecule has 0 aliphatic carbocycles. The minimum absolute atomic E-state index is 0.0702. The number of nitriles is 1. The highest BCUT2D eigenvalue weighted by molar-refractivity contribution is 9.10. The Kier molecular flexibility index (Phi) is 4.37. The number of nitro benzene ring substituents is 1. The van der Waals surface area contributed by atoms with Gasteiger partial charge in [0.1, 0.15) is 11.5 Å². The number of ether oxygens (including phenoxy) is 1. The standard InChI is InChI=1S/C13H6Br2N2O3/c14-9-4-10(17(18)19)6-11(5-9)20-13-2-1-8(7-16)3-12(13)15/h1-6H.